The van der Waals surface area contributed by atoms with Crippen LogP contribution in [0.25, 0.3) is 0 Å². The summed E-state index contributed by atoms with van der Waals surface area (Å²) >= 11 is 0. The molecular weight excluding hydrogens is 208 g/mol. The van der Waals surface area contributed by atoms with Crippen LogP contribution in [-0.4, -0.2) is 12.1 Å². The first-order valence-corrected chi connectivity index (χ1v) is 5.90. The van der Waals surface area contributed by atoms with Crippen molar-refractivity contribution in [2.24, 2.45) is 17.3 Å². The average molecular weight is 232 g/mol. The highest BCUT2D eigenvalue weighted by atomic mass is 17.5. The van der Waals surface area contributed by atoms with E-state index in [9.17, 15) is 0 Å². The van der Waals surface area contributed by atoms with Gasteiger partial charge >= 0.3 is 5.97 Å². The van der Waals surface area contributed by atoms with Crippen molar-refractivity contribution >= 4 is 0 Å². The van der Waals surface area contributed by atoms with Crippen LogP contribution in [0.15, 0.2) is 0 Å². The maximum atomic E-state index is 5.51. The van der Waals surface area contributed by atoms with Crippen molar-refractivity contribution in [1.82, 2.24) is 0 Å². The Kier molecular flexibility index (Phi) is 4.00. The second-order valence-electron chi connectivity index (χ2n) is 6.14. The topological polar surface area (TPSA) is 43.5 Å². The molecule has 96 valence electrons. The lowest BCUT2D eigenvalue weighted by Crippen LogP contribution is -2.37. The van der Waals surface area contributed by atoms with Crippen LogP contribution >= 0.6 is 0 Å². The normalized spacial score (nSPS) is 21.6. The summed E-state index contributed by atoms with van der Waals surface area (Å²) in [6, 6.07) is 0. The van der Waals surface area contributed by atoms with E-state index >= 15 is 0 Å². The van der Waals surface area contributed by atoms with Gasteiger partial charge in [-0.05, 0) is 11.3 Å². The van der Waals surface area contributed by atoms with Crippen molar-refractivity contribution < 1.29 is 19.6 Å². The van der Waals surface area contributed by atoms with E-state index in [0.29, 0.717) is 5.92 Å². The Balaban J connectivity index is 2.52. The monoisotopic (exact) mass is 232 g/mol. The lowest BCUT2D eigenvalue weighted by molar-refractivity contribution is -0.414. The number of rotatable bonds is 5. The maximum absolute atomic E-state index is 5.51. The van der Waals surface area contributed by atoms with E-state index in [1.54, 1.807) is 0 Å². The molecule has 4 heteroatoms. The molecule has 1 saturated heterocycles. The zero-order valence-electron chi connectivity index (χ0n) is 11.4. The second-order valence-corrected chi connectivity index (χ2v) is 6.14. The minimum Gasteiger partial charge on any atom is -0.227 e. The van der Waals surface area contributed by atoms with Gasteiger partial charge in [-0.15, -0.1) is 0 Å². The molecule has 1 rings (SSSR count). The van der Waals surface area contributed by atoms with Crippen LogP contribution < -0.4 is 0 Å². The molecule has 0 radical (unpaired) electrons. The SMILES string of the molecule is CC(C)C(OOC1(C(C)C)OO1)C(C)(C)C. The Labute approximate surface area is 98.1 Å². The van der Waals surface area contributed by atoms with Crippen LogP contribution in [0.3, 0.4) is 0 Å². The van der Waals surface area contributed by atoms with Gasteiger partial charge in [0.05, 0.1) is 0 Å². The highest BCUT2D eigenvalue weighted by molar-refractivity contribution is 4.76. The van der Waals surface area contributed by atoms with Gasteiger partial charge in [-0.3, -0.25) is 0 Å². The summed E-state index contributed by atoms with van der Waals surface area (Å²) in [7, 11) is 0. The van der Waals surface area contributed by atoms with E-state index in [-0.39, 0.29) is 17.4 Å². The summed E-state index contributed by atoms with van der Waals surface area (Å²) < 4.78 is 0. The van der Waals surface area contributed by atoms with Crippen LogP contribution in [0.4, 0.5) is 0 Å². The highest BCUT2D eigenvalue weighted by Gasteiger charge is 2.56. The molecule has 1 atom stereocenters. The first-order valence-electron chi connectivity index (χ1n) is 5.90. The van der Waals surface area contributed by atoms with Crippen molar-refractivity contribution in [2.45, 2.75) is 60.5 Å². The van der Waals surface area contributed by atoms with Gasteiger partial charge in [0.1, 0.15) is 6.10 Å². The molecule has 1 unspecified atom stereocenters. The lowest BCUT2D eigenvalue weighted by Gasteiger charge is -2.32. The quantitative estimate of drug-likeness (QED) is 0.414. The van der Waals surface area contributed by atoms with E-state index < -0.39 is 5.97 Å². The molecule has 0 saturated carbocycles. The summed E-state index contributed by atoms with van der Waals surface area (Å²) in [4.78, 5) is 20.5. The molecule has 0 aromatic heterocycles. The van der Waals surface area contributed by atoms with Gasteiger partial charge in [0.2, 0.25) is 0 Å². The molecule has 0 spiro atoms. The lowest BCUT2D eigenvalue weighted by atomic mass is 9.83. The Hall–Kier alpha value is -0.160. The predicted octanol–water partition coefficient (Wildman–Crippen LogP) is 3.28. The summed E-state index contributed by atoms with van der Waals surface area (Å²) in [6.07, 6.45) is -0.00377. The van der Waals surface area contributed by atoms with Crippen LogP contribution in [0.2, 0.25) is 0 Å². The average Bonchev–Trinajstić information content (AvgIpc) is 2.82. The van der Waals surface area contributed by atoms with E-state index in [2.05, 4.69) is 34.6 Å². The third-order valence-electron chi connectivity index (χ3n) is 2.68. The molecule has 0 amide bonds. The zero-order valence-corrected chi connectivity index (χ0v) is 11.4. The Morgan fingerprint density at radius 3 is 1.75 bits per heavy atom. The van der Waals surface area contributed by atoms with Gasteiger partial charge < -0.3 is 0 Å². The Morgan fingerprint density at radius 1 is 1.00 bits per heavy atom. The molecule has 0 bridgehead atoms. The molecule has 0 aromatic carbocycles. The van der Waals surface area contributed by atoms with E-state index in [4.69, 9.17) is 19.6 Å². The minimum absolute atomic E-state index is 0.00377. The van der Waals surface area contributed by atoms with Crippen molar-refractivity contribution in [3.63, 3.8) is 0 Å². The van der Waals surface area contributed by atoms with Crippen molar-refractivity contribution in [3.8, 4) is 0 Å². The molecule has 0 aliphatic carbocycles. The fraction of sp³-hybridized carbons (Fsp3) is 1.00. The largest absolute Gasteiger partial charge is 0.368 e. The van der Waals surface area contributed by atoms with Crippen LogP contribution in [0.5, 0.6) is 0 Å². The summed E-state index contributed by atoms with van der Waals surface area (Å²) in [5.74, 6) is -0.526. The standard InChI is InChI=1S/C12H24O4/c1-8(2)10(11(5,6)7)13-14-12(9(3)4)15-16-12/h8-10H,1-7H3. The predicted molar refractivity (Wildman–Crippen MR) is 60.0 cm³/mol. The van der Waals surface area contributed by atoms with E-state index in [0.717, 1.165) is 0 Å². The first-order chi connectivity index (χ1) is 7.19. The molecule has 0 N–H and O–H groups in total. The molecular formula is C12H24O4. The zero-order chi connectivity index (χ0) is 12.6. The fourth-order valence-corrected chi connectivity index (χ4v) is 1.73. The van der Waals surface area contributed by atoms with Crippen molar-refractivity contribution in [2.75, 3.05) is 0 Å². The summed E-state index contributed by atoms with van der Waals surface area (Å²) in [5, 5.41) is 0. The molecule has 4 nitrogen and oxygen atoms in total. The van der Waals surface area contributed by atoms with Gasteiger partial charge in [0, 0.05) is 5.92 Å². The number of hydrogen-bond donors (Lipinski definition) is 0. The molecule has 1 heterocycles. The molecule has 1 fully saturated rings. The summed E-state index contributed by atoms with van der Waals surface area (Å²) in [5.41, 5.74) is 0.0151. The van der Waals surface area contributed by atoms with Gasteiger partial charge in [-0.25, -0.2) is 4.89 Å². The maximum Gasteiger partial charge on any atom is 0.368 e. The second kappa shape index (κ2) is 4.61. The third-order valence-corrected chi connectivity index (χ3v) is 2.68. The fourth-order valence-electron chi connectivity index (χ4n) is 1.73. The van der Waals surface area contributed by atoms with Gasteiger partial charge in [-0.2, -0.15) is 14.7 Å². The molecule has 16 heavy (non-hydrogen) atoms. The highest BCUT2D eigenvalue weighted by Crippen LogP contribution is 2.40. The van der Waals surface area contributed by atoms with Gasteiger partial charge in [-0.1, -0.05) is 48.5 Å². The van der Waals surface area contributed by atoms with Crippen LogP contribution in [0.1, 0.15) is 48.5 Å². The molecule has 1 aliphatic rings. The first kappa shape index (κ1) is 13.9. The smallest absolute Gasteiger partial charge is 0.227 e. The van der Waals surface area contributed by atoms with Crippen molar-refractivity contribution in [3.05, 3.63) is 0 Å². The van der Waals surface area contributed by atoms with E-state index in [1.165, 1.54) is 0 Å². The van der Waals surface area contributed by atoms with E-state index in [1.807, 2.05) is 13.8 Å². The third kappa shape index (κ3) is 3.17. The van der Waals surface area contributed by atoms with Crippen LogP contribution in [-0.2, 0) is 19.6 Å². The van der Waals surface area contributed by atoms with Gasteiger partial charge in [0.15, 0.2) is 0 Å². The Bertz CT molecular complexity index is 226. The van der Waals surface area contributed by atoms with Crippen molar-refractivity contribution in [1.29, 1.82) is 0 Å². The number of hydrogen-bond acceptors (Lipinski definition) is 4. The molecule has 1 aliphatic heterocycles. The molecule has 0 aromatic rings. The Morgan fingerprint density at radius 2 is 1.50 bits per heavy atom. The summed E-state index contributed by atoms with van der Waals surface area (Å²) in [6.45, 7) is 14.5. The van der Waals surface area contributed by atoms with Gasteiger partial charge in [0.25, 0.3) is 0 Å². The van der Waals surface area contributed by atoms with Crippen LogP contribution in [0, 0.1) is 17.3 Å². The minimum atomic E-state index is -0.988.